The molecule has 98 valence electrons. The Bertz CT molecular complexity index is 415. The minimum absolute atomic E-state index is 0.376. The summed E-state index contributed by atoms with van der Waals surface area (Å²) in [5.41, 5.74) is 1.28. The molecular formula is C15H21NO2. The van der Waals surface area contributed by atoms with Gasteiger partial charge in [0.2, 0.25) is 0 Å². The summed E-state index contributed by atoms with van der Waals surface area (Å²) in [5.74, 6) is 2.65. The fourth-order valence-electron chi connectivity index (χ4n) is 2.49. The molecule has 3 heteroatoms. The minimum Gasteiger partial charge on any atom is -0.486 e. The van der Waals surface area contributed by atoms with Gasteiger partial charge >= 0.3 is 0 Å². The van der Waals surface area contributed by atoms with Gasteiger partial charge in [0.1, 0.15) is 13.2 Å². The third-order valence-electron chi connectivity index (χ3n) is 4.00. The number of nitrogens with one attached hydrogen (secondary N) is 1. The zero-order chi connectivity index (χ0) is 12.4. The molecule has 0 aromatic heterocycles. The molecule has 1 saturated carbocycles. The molecule has 1 fully saturated rings. The van der Waals surface area contributed by atoms with Crippen LogP contribution < -0.4 is 14.8 Å². The van der Waals surface area contributed by atoms with E-state index in [0.29, 0.717) is 19.3 Å². The monoisotopic (exact) mass is 247 g/mol. The lowest BCUT2D eigenvalue weighted by molar-refractivity contribution is 0.171. The first-order valence-corrected chi connectivity index (χ1v) is 6.96. The summed E-state index contributed by atoms with van der Waals surface area (Å²) in [4.78, 5) is 0. The molecule has 1 atom stereocenters. The van der Waals surface area contributed by atoms with Crippen molar-refractivity contribution in [2.24, 2.45) is 5.92 Å². The van der Waals surface area contributed by atoms with Crippen LogP contribution in [0, 0.1) is 5.92 Å². The number of hydrogen-bond donors (Lipinski definition) is 1. The first-order valence-electron chi connectivity index (χ1n) is 6.96. The number of benzene rings is 1. The molecule has 1 aliphatic heterocycles. The van der Waals surface area contributed by atoms with Crippen molar-refractivity contribution >= 4 is 0 Å². The van der Waals surface area contributed by atoms with Gasteiger partial charge in [0.25, 0.3) is 0 Å². The molecule has 3 nitrogen and oxygen atoms in total. The molecule has 1 aromatic rings. The second-order valence-corrected chi connectivity index (χ2v) is 5.33. The lowest BCUT2D eigenvalue weighted by Crippen LogP contribution is -2.29. The highest BCUT2D eigenvalue weighted by molar-refractivity contribution is 5.44. The highest BCUT2D eigenvalue weighted by Gasteiger charge is 2.19. The van der Waals surface area contributed by atoms with E-state index in [1.54, 1.807) is 0 Å². The van der Waals surface area contributed by atoms with E-state index < -0.39 is 0 Å². The Morgan fingerprint density at radius 2 is 2.00 bits per heavy atom. The van der Waals surface area contributed by atoms with E-state index >= 15 is 0 Å². The van der Waals surface area contributed by atoms with Crippen molar-refractivity contribution in [1.82, 2.24) is 5.32 Å². The van der Waals surface area contributed by atoms with Gasteiger partial charge in [-0.2, -0.15) is 0 Å². The summed E-state index contributed by atoms with van der Waals surface area (Å²) in [6, 6.07) is 6.63. The van der Waals surface area contributed by atoms with E-state index in [4.69, 9.17) is 9.47 Å². The summed E-state index contributed by atoms with van der Waals surface area (Å²) in [7, 11) is 0. The number of fused-ring (bicyclic) bond motifs is 1. The van der Waals surface area contributed by atoms with Crippen LogP contribution in [0.2, 0.25) is 0 Å². The van der Waals surface area contributed by atoms with Crippen molar-refractivity contribution < 1.29 is 9.47 Å². The molecule has 1 unspecified atom stereocenters. The lowest BCUT2D eigenvalue weighted by atomic mass is 9.85. The maximum Gasteiger partial charge on any atom is 0.161 e. The molecule has 0 bridgehead atoms. The fourth-order valence-corrected chi connectivity index (χ4v) is 2.49. The van der Waals surface area contributed by atoms with Crippen molar-refractivity contribution in [3.8, 4) is 11.5 Å². The summed E-state index contributed by atoms with van der Waals surface area (Å²) in [5, 5.41) is 3.61. The van der Waals surface area contributed by atoms with Crippen LogP contribution >= 0.6 is 0 Å². The zero-order valence-electron chi connectivity index (χ0n) is 10.9. The molecule has 2 aliphatic rings. The quantitative estimate of drug-likeness (QED) is 0.887. The van der Waals surface area contributed by atoms with Gasteiger partial charge in [-0.15, -0.1) is 0 Å². The second kappa shape index (κ2) is 5.19. The van der Waals surface area contributed by atoms with Crippen LogP contribution in [0.15, 0.2) is 18.2 Å². The molecule has 3 rings (SSSR count). The van der Waals surface area contributed by atoms with Crippen LogP contribution in [0.3, 0.4) is 0 Å². The summed E-state index contributed by atoms with van der Waals surface area (Å²) in [6.07, 6.45) is 4.19. The van der Waals surface area contributed by atoms with Crippen LogP contribution in [0.1, 0.15) is 37.8 Å². The molecule has 1 aliphatic carbocycles. The topological polar surface area (TPSA) is 30.5 Å². The predicted molar refractivity (Wildman–Crippen MR) is 71.2 cm³/mol. The molecule has 1 N–H and O–H groups in total. The lowest BCUT2D eigenvalue weighted by Gasteiger charge is -2.28. The summed E-state index contributed by atoms with van der Waals surface area (Å²) in [6.45, 7) is 4.65. The van der Waals surface area contributed by atoms with Crippen LogP contribution in [-0.4, -0.2) is 19.8 Å². The molecule has 1 aromatic carbocycles. The maximum atomic E-state index is 5.62. The maximum absolute atomic E-state index is 5.62. The number of ether oxygens (including phenoxy) is 2. The van der Waals surface area contributed by atoms with E-state index in [9.17, 15) is 0 Å². The van der Waals surface area contributed by atoms with Crippen LogP contribution in [0.4, 0.5) is 0 Å². The standard InChI is InChI=1S/C15H21NO2/c1-11(16-10-12-3-2-4-12)13-5-6-14-15(9-13)18-8-7-17-14/h5-6,9,11-12,16H,2-4,7-8,10H2,1H3. The molecule has 1 heterocycles. The third kappa shape index (κ3) is 2.46. The van der Waals surface area contributed by atoms with Gasteiger partial charge in [-0.1, -0.05) is 12.5 Å². The van der Waals surface area contributed by atoms with E-state index in [0.717, 1.165) is 24.0 Å². The second-order valence-electron chi connectivity index (χ2n) is 5.33. The molecule has 0 saturated heterocycles. The minimum atomic E-state index is 0.376. The molecule has 0 radical (unpaired) electrons. The van der Waals surface area contributed by atoms with Crippen molar-refractivity contribution in [3.63, 3.8) is 0 Å². The van der Waals surface area contributed by atoms with E-state index in [-0.39, 0.29) is 0 Å². The fraction of sp³-hybridized carbons (Fsp3) is 0.600. The van der Waals surface area contributed by atoms with E-state index in [2.05, 4.69) is 24.4 Å². The van der Waals surface area contributed by atoms with E-state index in [1.165, 1.54) is 24.8 Å². The molecular weight excluding hydrogens is 226 g/mol. The van der Waals surface area contributed by atoms with Gasteiger partial charge in [-0.05, 0) is 49.9 Å². The van der Waals surface area contributed by atoms with Crippen molar-refractivity contribution in [2.45, 2.75) is 32.2 Å². The van der Waals surface area contributed by atoms with Gasteiger partial charge in [-0.3, -0.25) is 0 Å². The Hall–Kier alpha value is -1.22. The van der Waals surface area contributed by atoms with Crippen molar-refractivity contribution in [2.75, 3.05) is 19.8 Å². The van der Waals surface area contributed by atoms with Crippen molar-refractivity contribution in [1.29, 1.82) is 0 Å². The SMILES string of the molecule is CC(NCC1CCC1)c1ccc2c(c1)OCCO2. The van der Waals surface area contributed by atoms with Crippen LogP contribution in [0.25, 0.3) is 0 Å². The first-order chi connectivity index (χ1) is 8.83. The Labute approximate surface area is 108 Å². The van der Waals surface area contributed by atoms with Gasteiger partial charge in [0.05, 0.1) is 0 Å². The molecule has 0 spiro atoms. The molecule has 0 amide bonds. The van der Waals surface area contributed by atoms with Gasteiger partial charge in [0.15, 0.2) is 11.5 Å². The normalized spacial score (nSPS) is 20.3. The Balaban J connectivity index is 1.63. The summed E-state index contributed by atoms with van der Waals surface area (Å²) < 4.78 is 11.2. The third-order valence-corrected chi connectivity index (χ3v) is 4.00. The predicted octanol–water partition coefficient (Wildman–Crippen LogP) is 2.91. The largest absolute Gasteiger partial charge is 0.486 e. The summed E-state index contributed by atoms with van der Waals surface area (Å²) >= 11 is 0. The first kappa shape index (κ1) is 11.8. The van der Waals surface area contributed by atoms with Gasteiger partial charge in [-0.25, -0.2) is 0 Å². The zero-order valence-corrected chi connectivity index (χ0v) is 10.9. The highest BCUT2D eigenvalue weighted by atomic mass is 16.6. The number of hydrogen-bond acceptors (Lipinski definition) is 3. The van der Waals surface area contributed by atoms with Gasteiger partial charge in [0, 0.05) is 6.04 Å². The Morgan fingerprint density at radius 3 is 2.72 bits per heavy atom. The Kier molecular flexibility index (Phi) is 3.41. The van der Waals surface area contributed by atoms with E-state index in [1.807, 2.05) is 6.07 Å². The van der Waals surface area contributed by atoms with Gasteiger partial charge < -0.3 is 14.8 Å². The average Bonchev–Trinajstić information content (AvgIpc) is 2.36. The number of rotatable bonds is 4. The highest BCUT2D eigenvalue weighted by Crippen LogP contribution is 2.33. The van der Waals surface area contributed by atoms with Crippen molar-refractivity contribution in [3.05, 3.63) is 23.8 Å². The van der Waals surface area contributed by atoms with Crippen LogP contribution in [-0.2, 0) is 0 Å². The Morgan fingerprint density at radius 1 is 1.22 bits per heavy atom. The smallest absolute Gasteiger partial charge is 0.161 e. The average molecular weight is 247 g/mol. The van der Waals surface area contributed by atoms with Crippen LogP contribution in [0.5, 0.6) is 11.5 Å². The molecule has 18 heavy (non-hydrogen) atoms.